The zero-order valence-corrected chi connectivity index (χ0v) is 14.7. The first-order valence-corrected chi connectivity index (χ1v) is 8.20. The summed E-state index contributed by atoms with van der Waals surface area (Å²) in [4.78, 5) is 22.2. The van der Waals surface area contributed by atoms with Crippen LogP contribution in [0.15, 0.2) is 22.7 Å². The molecular weight excluding hydrogens is 486 g/mol. The minimum absolute atomic E-state index is 0.323. The van der Waals surface area contributed by atoms with Crippen LogP contribution in [0.5, 0.6) is 0 Å². The molecule has 0 saturated heterocycles. The summed E-state index contributed by atoms with van der Waals surface area (Å²) in [5.41, 5.74) is 0.872. The molecule has 0 saturated carbocycles. The number of carbonyl (C=O) groups excluding carboxylic acids is 2. The molecule has 92 valence electrons. The standard InChI is InChI=1S/C8H4BrNO2.C2H3Br3/c9-5-3-1-2-4-6(5)8(12)10-7(4)11;3-1-2(4)5/h1-3H,(H,10,11,12);2H,1H2. The van der Waals surface area contributed by atoms with Crippen LogP contribution in [0, 0.1) is 0 Å². The van der Waals surface area contributed by atoms with Gasteiger partial charge in [-0.3, -0.25) is 14.9 Å². The van der Waals surface area contributed by atoms with Crippen molar-refractivity contribution >= 4 is 75.5 Å². The van der Waals surface area contributed by atoms with E-state index in [1.807, 2.05) is 0 Å². The second-order valence-corrected chi connectivity index (χ2v) is 7.93. The van der Waals surface area contributed by atoms with Crippen LogP contribution in [0.4, 0.5) is 0 Å². The summed E-state index contributed by atoms with van der Waals surface area (Å²) in [6, 6.07) is 5.08. The van der Waals surface area contributed by atoms with Crippen LogP contribution < -0.4 is 5.32 Å². The highest BCUT2D eigenvalue weighted by molar-refractivity contribution is 9.25. The first-order valence-electron chi connectivity index (χ1n) is 4.45. The van der Waals surface area contributed by atoms with Gasteiger partial charge in [0.25, 0.3) is 11.8 Å². The van der Waals surface area contributed by atoms with Crippen molar-refractivity contribution < 1.29 is 9.59 Å². The Bertz CT molecular complexity index is 448. The number of alkyl halides is 3. The number of rotatable bonds is 1. The molecule has 7 heteroatoms. The molecule has 0 aliphatic carbocycles. The molecule has 2 rings (SSSR count). The van der Waals surface area contributed by atoms with Gasteiger partial charge in [0.05, 0.1) is 14.9 Å². The molecule has 2 amide bonds. The van der Waals surface area contributed by atoms with Gasteiger partial charge in [0.1, 0.15) is 0 Å². The summed E-state index contributed by atoms with van der Waals surface area (Å²) < 4.78 is 1.08. The number of carbonyl (C=O) groups is 2. The highest BCUT2D eigenvalue weighted by atomic mass is 79.9. The van der Waals surface area contributed by atoms with Gasteiger partial charge in [0.2, 0.25) is 0 Å². The van der Waals surface area contributed by atoms with Crippen LogP contribution in [0.3, 0.4) is 0 Å². The number of benzene rings is 1. The van der Waals surface area contributed by atoms with Crippen LogP contribution in [0.25, 0.3) is 0 Å². The van der Waals surface area contributed by atoms with E-state index < -0.39 is 0 Å². The molecule has 0 atom stereocenters. The van der Waals surface area contributed by atoms with Gasteiger partial charge < -0.3 is 0 Å². The molecule has 0 fully saturated rings. The fourth-order valence-electron chi connectivity index (χ4n) is 1.18. The minimum Gasteiger partial charge on any atom is -0.288 e. The lowest BCUT2D eigenvalue weighted by molar-refractivity contribution is 0.0879. The third-order valence-electron chi connectivity index (χ3n) is 1.83. The number of imide groups is 1. The number of nitrogens with one attached hydrogen (secondary N) is 1. The largest absolute Gasteiger partial charge is 0.288 e. The van der Waals surface area contributed by atoms with Crippen molar-refractivity contribution in [2.24, 2.45) is 0 Å². The number of fused-ring (bicyclic) bond motifs is 1. The van der Waals surface area contributed by atoms with Crippen LogP contribution in [0.2, 0.25) is 0 Å². The molecule has 1 aliphatic heterocycles. The molecule has 1 heterocycles. The molecule has 1 aromatic rings. The van der Waals surface area contributed by atoms with E-state index in [1.165, 1.54) is 0 Å². The third kappa shape index (κ3) is 4.15. The molecule has 3 nitrogen and oxygen atoms in total. The maximum Gasteiger partial charge on any atom is 0.260 e. The summed E-state index contributed by atoms with van der Waals surface area (Å²) in [7, 11) is 0. The van der Waals surface area contributed by atoms with E-state index in [4.69, 9.17) is 0 Å². The SMILES string of the molecule is BrCC(Br)Br.O=C1NC(=O)c2c(Br)cccc21. The van der Waals surface area contributed by atoms with E-state index in [-0.39, 0.29) is 11.8 Å². The topological polar surface area (TPSA) is 46.2 Å². The van der Waals surface area contributed by atoms with Crippen molar-refractivity contribution in [3.05, 3.63) is 33.8 Å². The van der Waals surface area contributed by atoms with Crippen LogP contribution in [-0.4, -0.2) is 20.9 Å². The number of halogens is 4. The van der Waals surface area contributed by atoms with E-state index in [2.05, 4.69) is 69.0 Å². The van der Waals surface area contributed by atoms with Gasteiger partial charge in [0.15, 0.2) is 0 Å². The second-order valence-electron chi connectivity index (χ2n) is 2.99. The smallest absolute Gasteiger partial charge is 0.260 e. The van der Waals surface area contributed by atoms with Gasteiger partial charge in [0, 0.05) is 9.80 Å². The number of hydrogen-bond donors (Lipinski definition) is 1. The van der Waals surface area contributed by atoms with Crippen molar-refractivity contribution in [3.63, 3.8) is 0 Å². The molecule has 0 radical (unpaired) electrons. The molecule has 0 spiro atoms. The van der Waals surface area contributed by atoms with Crippen molar-refractivity contribution in [3.8, 4) is 0 Å². The second kappa shape index (κ2) is 7.01. The Morgan fingerprint density at radius 1 is 1.18 bits per heavy atom. The predicted octanol–water partition coefficient (Wildman–Crippen LogP) is 3.83. The Morgan fingerprint density at radius 3 is 2.24 bits per heavy atom. The lowest BCUT2D eigenvalue weighted by Crippen LogP contribution is -2.20. The fraction of sp³-hybridized carbons (Fsp3) is 0.200. The molecule has 0 bridgehead atoms. The lowest BCUT2D eigenvalue weighted by atomic mass is 10.1. The zero-order chi connectivity index (χ0) is 13.0. The van der Waals surface area contributed by atoms with E-state index in [1.54, 1.807) is 18.2 Å². The third-order valence-corrected chi connectivity index (χ3v) is 5.52. The van der Waals surface area contributed by atoms with Crippen LogP contribution >= 0.6 is 63.7 Å². The minimum atomic E-state index is -0.331. The first kappa shape index (κ1) is 15.3. The Hall–Kier alpha value is 0.280. The van der Waals surface area contributed by atoms with E-state index in [0.717, 1.165) is 5.33 Å². The normalized spacial score (nSPS) is 13.0. The maximum atomic E-state index is 11.1. The highest BCUT2D eigenvalue weighted by Gasteiger charge is 2.28. The van der Waals surface area contributed by atoms with Gasteiger partial charge in [-0.2, -0.15) is 0 Å². The van der Waals surface area contributed by atoms with Crippen molar-refractivity contribution in [1.29, 1.82) is 0 Å². The highest BCUT2D eigenvalue weighted by Crippen LogP contribution is 2.23. The zero-order valence-electron chi connectivity index (χ0n) is 8.34. The summed E-state index contributed by atoms with van der Waals surface area (Å²) in [6.07, 6.45) is 0. The summed E-state index contributed by atoms with van der Waals surface area (Å²) in [6.45, 7) is 0. The molecule has 0 unspecified atom stereocenters. The van der Waals surface area contributed by atoms with Gasteiger partial charge in [-0.05, 0) is 28.1 Å². The molecule has 1 aromatic carbocycles. The average Bonchev–Trinajstić information content (AvgIpc) is 2.57. The Kier molecular flexibility index (Phi) is 6.33. The van der Waals surface area contributed by atoms with Crippen molar-refractivity contribution in [1.82, 2.24) is 5.32 Å². The molecule has 0 aromatic heterocycles. The quantitative estimate of drug-likeness (QED) is 0.478. The van der Waals surface area contributed by atoms with E-state index in [0.29, 0.717) is 19.3 Å². The molecular formula is C10H7Br4NO2. The van der Waals surface area contributed by atoms with Gasteiger partial charge >= 0.3 is 0 Å². The van der Waals surface area contributed by atoms with E-state index in [9.17, 15) is 9.59 Å². The summed E-state index contributed by atoms with van der Waals surface area (Å²) in [5, 5.41) is 3.17. The lowest BCUT2D eigenvalue weighted by Gasteiger charge is -1.94. The Balaban J connectivity index is 0.000000249. The fourth-order valence-corrected chi connectivity index (χ4v) is 1.72. The molecule has 1 N–H and O–H groups in total. The Labute approximate surface area is 132 Å². The van der Waals surface area contributed by atoms with Gasteiger partial charge in [-0.15, -0.1) is 0 Å². The summed E-state index contributed by atoms with van der Waals surface area (Å²) >= 11 is 12.9. The summed E-state index contributed by atoms with van der Waals surface area (Å²) in [5.74, 6) is -0.654. The first-order chi connectivity index (χ1) is 7.97. The van der Waals surface area contributed by atoms with Gasteiger partial charge in [-0.1, -0.05) is 53.9 Å². The maximum absolute atomic E-state index is 11.1. The van der Waals surface area contributed by atoms with Crippen molar-refractivity contribution in [2.75, 3.05) is 5.33 Å². The number of amides is 2. The average molecular weight is 493 g/mol. The monoisotopic (exact) mass is 489 g/mol. The van der Waals surface area contributed by atoms with Crippen LogP contribution in [0.1, 0.15) is 20.7 Å². The van der Waals surface area contributed by atoms with Crippen molar-refractivity contribution in [2.45, 2.75) is 3.74 Å². The van der Waals surface area contributed by atoms with Gasteiger partial charge in [-0.25, -0.2) is 0 Å². The molecule has 17 heavy (non-hydrogen) atoms. The van der Waals surface area contributed by atoms with Crippen LogP contribution in [-0.2, 0) is 0 Å². The Morgan fingerprint density at radius 2 is 1.76 bits per heavy atom. The predicted molar refractivity (Wildman–Crippen MR) is 81.4 cm³/mol. The number of hydrogen-bond acceptors (Lipinski definition) is 2. The van der Waals surface area contributed by atoms with E-state index >= 15 is 0 Å². The molecule has 1 aliphatic rings.